The Balaban J connectivity index is 1.06. The normalized spacial score (nSPS) is 18.9. The molecule has 0 spiro atoms. The summed E-state index contributed by atoms with van der Waals surface area (Å²) in [6.45, 7) is 1.96. The molecule has 0 radical (unpaired) electrons. The van der Waals surface area contributed by atoms with Crippen molar-refractivity contribution >= 4 is 33.4 Å². The predicted molar refractivity (Wildman–Crippen MR) is 121 cm³/mol. The van der Waals surface area contributed by atoms with Gasteiger partial charge in [0, 0.05) is 5.92 Å². The number of para-hydroxylation sites is 3. The van der Waals surface area contributed by atoms with Crippen LogP contribution in [0.3, 0.4) is 0 Å². The van der Waals surface area contributed by atoms with Crippen molar-refractivity contribution in [3.05, 3.63) is 53.5 Å². The third kappa shape index (κ3) is 4.53. The van der Waals surface area contributed by atoms with Crippen LogP contribution in [0.4, 0.5) is 0 Å². The molecule has 9 heteroatoms. The van der Waals surface area contributed by atoms with Crippen LogP contribution in [0.2, 0.25) is 0 Å². The fraction of sp³-hybridized carbons (Fsp3) is 0.348. The maximum absolute atomic E-state index is 12.3. The SMILES string of the molecule is O=C(CN1CCC(c2nc3ccccc3s2)CC1)NNC(=O)C1COc2ccccc2O1. The predicted octanol–water partition coefficient (Wildman–Crippen LogP) is 2.46. The summed E-state index contributed by atoms with van der Waals surface area (Å²) in [6, 6.07) is 15.4. The first-order chi connectivity index (χ1) is 15.7. The van der Waals surface area contributed by atoms with Gasteiger partial charge in [0.25, 0.3) is 11.8 Å². The number of hydrogen-bond donors (Lipinski definition) is 2. The van der Waals surface area contributed by atoms with Crippen molar-refractivity contribution in [2.75, 3.05) is 26.2 Å². The number of carbonyl (C=O) groups is 2. The van der Waals surface area contributed by atoms with E-state index in [1.165, 1.54) is 9.71 Å². The minimum Gasteiger partial charge on any atom is -0.485 e. The summed E-state index contributed by atoms with van der Waals surface area (Å²) in [5, 5.41) is 1.18. The number of benzene rings is 2. The zero-order valence-electron chi connectivity index (χ0n) is 17.5. The third-order valence-electron chi connectivity index (χ3n) is 5.74. The number of likely N-dealkylation sites (tertiary alicyclic amines) is 1. The minimum atomic E-state index is -0.810. The van der Waals surface area contributed by atoms with E-state index >= 15 is 0 Å². The summed E-state index contributed by atoms with van der Waals surface area (Å²) in [6.07, 6.45) is 1.12. The van der Waals surface area contributed by atoms with Gasteiger partial charge in [0.1, 0.15) is 6.61 Å². The molecule has 5 rings (SSSR count). The average molecular weight is 453 g/mol. The van der Waals surface area contributed by atoms with Gasteiger partial charge < -0.3 is 9.47 Å². The molecule has 2 aromatic carbocycles. The number of hydrogen-bond acceptors (Lipinski definition) is 7. The number of ether oxygens (including phenoxy) is 2. The molecule has 1 saturated heterocycles. The van der Waals surface area contributed by atoms with E-state index in [0.29, 0.717) is 17.4 Å². The molecule has 8 nitrogen and oxygen atoms in total. The molecule has 1 fully saturated rings. The Hall–Kier alpha value is -3.17. The lowest BCUT2D eigenvalue weighted by atomic mass is 9.97. The van der Waals surface area contributed by atoms with Crippen molar-refractivity contribution in [1.82, 2.24) is 20.7 Å². The maximum Gasteiger partial charge on any atom is 0.283 e. The van der Waals surface area contributed by atoms with E-state index in [-0.39, 0.29) is 19.1 Å². The molecule has 0 bridgehead atoms. The molecule has 1 aromatic heterocycles. The fourth-order valence-electron chi connectivity index (χ4n) is 4.01. The van der Waals surface area contributed by atoms with Crippen LogP contribution in [0.25, 0.3) is 10.2 Å². The van der Waals surface area contributed by atoms with Crippen LogP contribution in [0, 0.1) is 0 Å². The van der Waals surface area contributed by atoms with Gasteiger partial charge in [-0.05, 0) is 50.2 Å². The van der Waals surface area contributed by atoms with Crippen LogP contribution >= 0.6 is 11.3 Å². The van der Waals surface area contributed by atoms with Crippen LogP contribution in [-0.2, 0) is 9.59 Å². The summed E-state index contributed by atoms with van der Waals surface area (Å²) in [7, 11) is 0. The van der Waals surface area contributed by atoms with E-state index in [1.807, 2.05) is 30.3 Å². The van der Waals surface area contributed by atoms with Crippen LogP contribution in [0.1, 0.15) is 23.8 Å². The average Bonchev–Trinajstić information content (AvgIpc) is 3.27. The number of piperidine rings is 1. The second-order valence-corrected chi connectivity index (χ2v) is 9.03. The monoisotopic (exact) mass is 452 g/mol. The Kier molecular flexibility index (Phi) is 5.91. The zero-order valence-corrected chi connectivity index (χ0v) is 18.3. The highest BCUT2D eigenvalue weighted by atomic mass is 32.1. The van der Waals surface area contributed by atoms with Gasteiger partial charge in [-0.15, -0.1) is 11.3 Å². The number of fused-ring (bicyclic) bond motifs is 2. The lowest BCUT2D eigenvalue weighted by molar-refractivity contribution is -0.135. The first-order valence-corrected chi connectivity index (χ1v) is 11.5. The van der Waals surface area contributed by atoms with Gasteiger partial charge in [0.05, 0.1) is 21.8 Å². The first-order valence-electron chi connectivity index (χ1n) is 10.7. The summed E-state index contributed by atoms with van der Waals surface area (Å²) in [5.74, 6) is 0.852. The Labute approximate surface area is 189 Å². The highest BCUT2D eigenvalue weighted by Crippen LogP contribution is 2.34. The van der Waals surface area contributed by atoms with Gasteiger partial charge in [-0.2, -0.15) is 0 Å². The Morgan fingerprint density at radius 1 is 1.03 bits per heavy atom. The van der Waals surface area contributed by atoms with Gasteiger partial charge in [0.2, 0.25) is 6.10 Å². The zero-order chi connectivity index (χ0) is 21.9. The van der Waals surface area contributed by atoms with Crippen molar-refractivity contribution < 1.29 is 19.1 Å². The number of rotatable bonds is 4. The van der Waals surface area contributed by atoms with Crippen molar-refractivity contribution in [3.63, 3.8) is 0 Å². The van der Waals surface area contributed by atoms with E-state index in [4.69, 9.17) is 14.5 Å². The molecular formula is C23H24N4O4S. The molecule has 1 atom stereocenters. The second kappa shape index (κ2) is 9.13. The van der Waals surface area contributed by atoms with Crippen LogP contribution in [0.5, 0.6) is 11.5 Å². The summed E-state index contributed by atoms with van der Waals surface area (Å²) < 4.78 is 12.4. The van der Waals surface area contributed by atoms with Crippen molar-refractivity contribution in [2.45, 2.75) is 24.9 Å². The van der Waals surface area contributed by atoms with Gasteiger partial charge in [-0.1, -0.05) is 24.3 Å². The molecular weight excluding hydrogens is 428 g/mol. The first kappa shape index (κ1) is 20.7. The van der Waals surface area contributed by atoms with Crippen molar-refractivity contribution in [3.8, 4) is 11.5 Å². The molecule has 166 valence electrons. The van der Waals surface area contributed by atoms with Gasteiger partial charge in [0.15, 0.2) is 11.5 Å². The molecule has 2 aliphatic heterocycles. The standard InChI is InChI=1S/C23H24N4O4S/c28-21(25-26-22(29)19-14-30-17-6-2-3-7-18(17)31-19)13-27-11-9-15(10-12-27)23-24-16-5-1-4-8-20(16)32-23/h1-8,15,19H,9-14H2,(H,25,28)(H,26,29). The van der Waals surface area contributed by atoms with Crippen LogP contribution < -0.4 is 20.3 Å². The topological polar surface area (TPSA) is 92.8 Å². The number of nitrogens with zero attached hydrogens (tertiary/aromatic N) is 2. The number of carbonyl (C=O) groups excluding carboxylic acids is 2. The number of nitrogens with one attached hydrogen (secondary N) is 2. The van der Waals surface area contributed by atoms with Gasteiger partial charge >= 0.3 is 0 Å². The number of aromatic nitrogens is 1. The van der Waals surface area contributed by atoms with E-state index in [0.717, 1.165) is 31.4 Å². The summed E-state index contributed by atoms with van der Waals surface area (Å²) in [5.41, 5.74) is 5.99. The minimum absolute atomic E-state index is 0.0952. The Bertz CT molecular complexity index is 1090. The Morgan fingerprint density at radius 3 is 2.59 bits per heavy atom. The second-order valence-electron chi connectivity index (χ2n) is 7.97. The van der Waals surface area contributed by atoms with E-state index < -0.39 is 12.0 Å². The lowest BCUT2D eigenvalue weighted by Gasteiger charge is -2.30. The largest absolute Gasteiger partial charge is 0.485 e. The Morgan fingerprint density at radius 2 is 1.78 bits per heavy atom. The molecule has 2 aliphatic rings. The quantitative estimate of drug-likeness (QED) is 0.591. The van der Waals surface area contributed by atoms with Crippen LogP contribution in [-0.4, -0.2) is 54.0 Å². The number of thiazole rings is 1. The number of hydrazine groups is 1. The van der Waals surface area contributed by atoms with E-state index in [2.05, 4.69) is 21.8 Å². The lowest BCUT2D eigenvalue weighted by Crippen LogP contribution is -2.53. The third-order valence-corrected chi connectivity index (χ3v) is 6.94. The fourth-order valence-corrected chi connectivity index (χ4v) is 5.14. The molecule has 2 amide bonds. The molecule has 3 heterocycles. The molecule has 1 unspecified atom stereocenters. The molecule has 0 aliphatic carbocycles. The molecule has 0 saturated carbocycles. The van der Waals surface area contributed by atoms with Crippen molar-refractivity contribution in [1.29, 1.82) is 0 Å². The van der Waals surface area contributed by atoms with E-state index in [1.54, 1.807) is 23.5 Å². The summed E-state index contributed by atoms with van der Waals surface area (Å²) in [4.78, 5) is 31.5. The van der Waals surface area contributed by atoms with E-state index in [9.17, 15) is 9.59 Å². The highest BCUT2D eigenvalue weighted by Gasteiger charge is 2.28. The number of amides is 2. The van der Waals surface area contributed by atoms with Crippen LogP contribution in [0.15, 0.2) is 48.5 Å². The molecule has 3 aromatic rings. The molecule has 32 heavy (non-hydrogen) atoms. The molecule has 2 N–H and O–H groups in total. The van der Waals surface area contributed by atoms with Gasteiger partial charge in [-0.25, -0.2) is 4.98 Å². The smallest absolute Gasteiger partial charge is 0.283 e. The van der Waals surface area contributed by atoms with Crippen molar-refractivity contribution in [2.24, 2.45) is 0 Å². The van der Waals surface area contributed by atoms with Gasteiger partial charge in [-0.3, -0.25) is 25.3 Å². The maximum atomic E-state index is 12.3. The summed E-state index contributed by atoms with van der Waals surface area (Å²) >= 11 is 1.76. The highest BCUT2D eigenvalue weighted by molar-refractivity contribution is 7.18.